The predicted molar refractivity (Wildman–Crippen MR) is 126 cm³/mol. The van der Waals surface area contributed by atoms with Gasteiger partial charge in [0.15, 0.2) is 0 Å². The van der Waals surface area contributed by atoms with Gasteiger partial charge in [-0.25, -0.2) is 0 Å². The average molecular weight is 507 g/mol. The fourth-order valence-corrected chi connectivity index (χ4v) is 4.26. The summed E-state index contributed by atoms with van der Waals surface area (Å²) in [5.74, 6) is -1.06. The fraction of sp³-hybridized carbons (Fsp3) is 0.167. The van der Waals surface area contributed by atoms with Gasteiger partial charge in [-0.05, 0) is 55.0 Å². The van der Waals surface area contributed by atoms with Gasteiger partial charge in [0.05, 0.1) is 46.1 Å². The molecule has 1 atom stereocenters. The number of furan rings is 1. The Bertz CT molecular complexity index is 1250. The number of aliphatic hydroxyl groups is 1. The third kappa shape index (κ3) is 4.47. The molecule has 1 fully saturated rings. The molecular weight excluding hydrogens is 489 g/mol. The van der Waals surface area contributed by atoms with Crippen molar-refractivity contribution in [2.45, 2.75) is 19.5 Å². The zero-order valence-electron chi connectivity index (χ0n) is 17.3. The van der Waals surface area contributed by atoms with Gasteiger partial charge in [0.1, 0.15) is 17.3 Å². The number of hydrogen-bond acceptors (Lipinski definition) is 5. The van der Waals surface area contributed by atoms with Crippen LogP contribution in [0.15, 0.2) is 64.8 Å². The molecule has 2 aromatic carbocycles. The molecule has 1 aliphatic heterocycles. The second-order valence-electron chi connectivity index (χ2n) is 7.26. The molecule has 1 aromatic heterocycles. The van der Waals surface area contributed by atoms with Crippen LogP contribution in [0, 0.1) is 0 Å². The molecule has 1 amide bonds. The number of hydrogen-bond donors (Lipinski definition) is 1. The van der Waals surface area contributed by atoms with Crippen LogP contribution < -0.4 is 4.74 Å². The van der Waals surface area contributed by atoms with Gasteiger partial charge in [0.2, 0.25) is 0 Å². The molecule has 0 bridgehead atoms. The van der Waals surface area contributed by atoms with Crippen molar-refractivity contribution < 1.29 is 23.8 Å². The molecule has 1 N–H and O–H groups in total. The standard InChI is InChI=1S/C24H18Cl3NO5/c1-2-32-19-8-6-14(11-18(19)27)22(29)20-21(13-5-7-16(25)17(26)10-13)28(24(31)23(20)30)12-15-4-3-9-33-15/h3-11,21,29H,2,12H2,1H3. The maximum atomic E-state index is 13.1. The minimum absolute atomic E-state index is 0.0172. The molecule has 0 radical (unpaired) electrons. The summed E-state index contributed by atoms with van der Waals surface area (Å²) in [7, 11) is 0. The number of carbonyl (C=O) groups is 2. The lowest BCUT2D eigenvalue weighted by molar-refractivity contribution is -0.140. The van der Waals surface area contributed by atoms with E-state index in [0.29, 0.717) is 28.7 Å². The highest BCUT2D eigenvalue weighted by Gasteiger charge is 2.46. The Labute approximate surface area is 204 Å². The first kappa shape index (κ1) is 23.2. The Balaban J connectivity index is 1.86. The first-order valence-corrected chi connectivity index (χ1v) is 11.1. The van der Waals surface area contributed by atoms with E-state index in [-0.39, 0.29) is 33.5 Å². The van der Waals surface area contributed by atoms with Gasteiger partial charge in [0, 0.05) is 5.56 Å². The summed E-state index contributed by atoms with van der Waals surface area (Å²) in [5.41, 5.74) is 0.684. The topological polar surface area (TPSA) is 80.0 Å². The Morgan fingerprint density at radius 2 is 1.85 bits per heavy atom. The molecule has 0 spiro atoms. The average Bonchev–Trinajstić information content (AvgIpc) is 3.39. The Morgan fingerprint density at radius 3 is 2.48 bits per heavy atom. The van der Waals surface area contributed by atoms with Crippen molar-refractivity contribution in [2.75, 3.05) is 6.61 Å². The molecule has 1 unspecified atom stereocenters. The molecule has 2 heterocycles. The summed E-state index contributed by atoms with van der Waals surface area (Å²) >= 11 is 18.6. The molecule has 1 aliphatic rings. The molecule has 3 aromatic rings. The maximum Gasteiger partial charge on any atom is 0.296 e. The molecule has 33 heavy (non-hydrogen) atoms. The van der Waals surface area contributed by atoms with E-state index in [1.165, 1.54) is 17.2 Å². The van der Waals surface area contributed by atoms with E-state index >= 15 is 0 Å². The monoisotopic (exact) mass is 505 g/mol. The number of amides is 1. The maximum absolute atomic E-state index is 13.1. The molecule has 1 saturated heterocycles. The van der Waals surface area contributed by atoms with E-state index in [0.717, 1.165) is 0 Å². The lowest BCUT2D eigenvalue weighted by Gasteiger charge is -2.24. The lowest BCUT2D eigenvalue weighted by atomic mass is 9.95. The second kappa shape index (κ2) is 9.51. The number of ketones is 1. The quantitative estimate of drug-likeness (QED) is 0.242. The summed E-state index contributed by atoms with van der Waals surface area (Å²) < 4.78 is 10.8. The van der Waals surface area contributed by atoms with Crippen LogP contribution in [0.5, 0.6) is 5.75 Å². The van der Waals surface area contributed by atoms with E-state index in [1.54, 1.807) is 42.5 Å². The highest BCUT2D eigenvalue weighted by atomic mass is 35.5. The van der Waals surface area contributed by atoms with Gasteiger partial charge in [-0.2, -0.15) is 0 Å². The van der Waals surface area contributed by atoms with Gasteiger partial charge in [-0.15, -0.1) is 0 Å². The van der Waals surface area contributed by atoms with Crippen molar-refractivity contribution in [3.63, 3.8) is 0 Å². The number of aliphatic hydroxyl groups excluding tert-OH is 1. The van der Waals surface area contributed by atoms with Crippen molar-refractivity contribution in [1.29, 1.82) is 0 Å². The van der Waals surface area contributed by atoms with E-state index in [9.17, 15) is 14.7 Å². The molecular formula is C24H18Cl3NO5. The summed E-state index contributed by atoms with van der Waals surface area (Å²) in [4.78, 5) is 27.4. The van der Waals surface area contributed by atoms with Crippen LogP contribution in [0.25, 0.3) is 5.76 Å². The van der Waals surface area contributed by atoms with Crippen LogP contribution in [0.1, 0.15) is 29.9 Å². The van der Waals surface area contributed by atoms with Crippen LogP contribution in [-0.4, -0.2) is 28.3 Å². The largest absolute Gasteiger partial charge is 0.507 e. The number of Topliss-reactive ketones (excluding diaryl/α,β-unsaturated/α-hetero) is 1. The summed E-state index contributed by atoms with van der Waals surface area (Å²) in [5, 5.41) is 12.0. The van der Waals surface area contributed by atoms with Crippen LogP contribution in [0.4, 0.5) is 0 Å². The SMILES string of the molecule is CCOc1ccc(C(O)=C2C(=O)C(=O)N(Cc3ccco3)C2c2ccc(Cl)c(Cl)c2)cc1Cl. The van der Waals surface area contributed by atoms with E-state index in [2.05, 4.69) is 0 Å². The normalized spacial score (nSPS) is 17.6. The number of likely N-dealkylation sites (tertiary alicyclic amines) is 1. The molecule has 6 nitrogen and oxygen atoms in total. The smallest absolute Gasteiger partial charge is 0.296 e. The third-order valence-electron chi connectivity index (χ3n) is 5.21. The Hall–Kier alpha value is -2.93. The highest BCUT2D eigenvalue weighted by Crippen LogP contribution is 2.42. The first-order chi connectivity index (χ1) is 15.8. The van der Waals surface area contributed by atoms with E-state index < -0.39 is 17.7 Å². The van der Waals surface area contributed by atoms with Gasteiger partial charge in [-0.1, -0.05) is 40.9 Å². The second-order valence-corrected chi connectivity index (χ2v) is 8.48. The van der Waals surface area contributed by atoms with Gasteiger partial charge in [0.25, 0.3) is 11.7 Å². The number of halogens is 3. The van der Waals surface area contributed by atoms with Gasteiger partial charge in [-0.3, -0.25) is 9.59 Å². The van der Waals surface area contributed by atoms with Gasteiger partial charge >= 0.3 is 0 Å². The van der Waals surface area contributed by atoms with Crippen molar-refractivity contribution >= 4 is 52.3 Å². The predicted octanol–water partition coefficient (Wildman–Crippen LogP) is 6.26. The van der Waals surface area contributed by atoms with Crippen molar-refractivity contribution in [3.05, 3.63) is 92.3 Å². The molecule has 4 rings (SSSR count). The van der Waals surface area contributed by atoms with Crippen LogP contribution >= 0.6 is 34.8 Å². The summed E-state index contributed by atoms with van der Waals surface area (Å²) in [6.45, 7) is 2.26. The minimum Gasteiger partial charge on any atom is -0.507 e. The van der Waals surface area contributed by atoms with Crippen molar-refractivity contribution in [3.8, 4) is 5.75 Å². The Morgan fingerprint density at radius 1 is 1.06 bits per heavy atom. The van der Waals surface area contributed by atoms with E-state index in [4.69, 9.17) is 44.0 Å². The van der Waals surface area contributed by atoms with Crippen LogP contribution in [-0.2, 0) is 16.1 Å². The molecule has 9 heteroatoms. The Kier molecular flexibility index (Phi) is 6.70. The lowest BCUT2D eigenvalue weighted by Crippen LogP contribution is -2.29. The molecule has 170 valence electrons. The number of benzene rings is 2. The van der Waals surface area contributed by atoms with Gasteiger partial charge < -0.3 is 19.2 Å². The summed E-state index contributed by atoms with van der Waals surface area (Å²) in [6, 6.07) is 11.9. The zero-order valence-corrected chi connectivity index (χ0v) is 19.6. The first-order valence-electron chi connectivity index (χ1n) is 10.00. The number of ether oxygens (including phenoxy) is 1. The molecule has 0 saturated carbocycles. The zero-order chi connectivity index (χ0) is 23.7. The highest BCUT2D eigenvalue weighted by molar-refractivity contribution is 6.47. The van der Waals surface area contributed by atoms with Crippen LogP contribution in [0.3, 0.4) is 0 Å². The van der Waals surface area contributed by atoms with Crippen molar-refractivity contribution in [2.24, 2.45) is 0 Å². The summed E-state index contributed by atoms with van der Waals surface area (Å²) in [6.07, 6.45) is 1.47. The number of carbonyl (C=O) groups excluding carboxylic acids is 2. The number of rotatable bonds is 6. The third-order valence-corrected chi connectivity index (χ3v) is 6.25. The van der Waals surface area contributed by atoms with Crippen molar-refractivity contribution in [1.82, 2.24) is 4.90 Å². The van der Waals surface area contributed by atoms with Crippen LogP contribution in [0.2, 0.25) is 15.1 Å². The molecule has 0 aliphatic carbocycles. The minimum atomic E-state index is -0.921. The fourth-order valence-electron chi connectivity index (χ4n) is 3.72. The number of nitrogens with zero attached hydrogens (tertiary/aromatic N) is 1. The van der Waals surface area contributed by atoms with E-state index in [1.807, 2.05) is 6.92 Å².